The molecule has 0 atom stereocenters. The summed E-state index contributed by atoms with van der Waals surface area (Å²) < 4.78 is 15.9. The highest BCUT2D eigenvalue weighted by Crippen LogP contribution is 2.36. The summed E-state index contributed by atoms with van der Waals surface area (Å²) in [4.78, 5) is 12.2. The van der Waals surface area contributed by atoms with Gasteiger partial charge in [0.15, 0.2) is 0 Å². The summed E-state index contributed by atoms with van der Waals surface area (Å²) in [7, 11) is 3.10. The van der Waals surface area contributed by atoms with Crippen molar-refractivity contribution in [1.29, 1.82) is 0 Å². The van der Waals surface area contributed by atoms with Crippen molar-refractivity contribution in [3.05, 3.63) is 69.2 Å². The molecule has 6 heteroatoms. The van der Waals surface area contributed by atoms with Gasteiger partial charge in [0.2, 0.25) is 0 Å². The van der Waals surface area contributed by atoms with E-state index in [0.29, 0.717) is 44.0 Å². The van der Waals surface area contributed by atoms with Crippen molar-refractivity contribution in [3.8, 4) is 11.5 Å². The van der Waals surface area contributed by atoms with Crippen LogP contribution in [0.4, 0.5) is 0 Å². The van der Waals surface area contributed by atoms with Gasteiger partial charge in [-0.15, -0.1) is 0 Å². The fourth-order valence-electron chi connectivity index (χ4n) is 2.43. The first-order chi connectivity index (χ1) is 12.0. The van der Waals surface area contributed by atoms with E-state index in [4.69, 9.17) is 37.4 Å². The molecule has 0 N–H and O–H groups in total. The van der Waals surface area contributed by atoms with Gasteiger partial charge in [-0.1, -0.05) is 29.3 Å². The van der Waals surface area contributed by atoms with Gasteiger partial charge in [-0.3, -0.25) is 0 Å². The lowest BCUT2D eigenvalue weighted by molar-refractivity contribution is -0.130. The largest absolute Gasteiger partial charge is 0.497 e. The van der Waals surface area contributed by atoms with Crippen molar-refractivity contribution < 1.29 is 19.0 Å². The SMILES string of the molecule is COc1ccc(C2=C/C(=C\c3c(Cl)cccc3Cl)C(=O)O2)c(OC)c1. The fraction of sp³-hybridized carbons (Fsp3) is 0.105. The molecule has 0 unspecified atom stereocenters. The lowest BCUT2D eigenvalue weighted by Crippen LogP contribution is -1.99. The van der Waals surface area contributed by atoms with E-state index in [0.717, 1.165) is 0 Å². The first kappa shape index (κ1) is 17.4. The number of rotatable bonds is 4. The minimum absolute atomic E-state index is 0.350. The Bertz CT molecular complexity index is 880. The van der Waals surface area contributed by atoms with Gasteiger partial charge in [0, 0.05) is 21.7 Å². The maximum absolute atomic E-state index is 12.2. The zero-order chi connectivity index (χ0) is 18.0. The molecule has 25 heavy (non-hydrogen) atoms. The van der Waals surface area contributed by atoms with E-state index in [2.05, 4.69) is 0 Å². The van der Waals surface area contributed by atoms with Crippen molar-refractivity contribution in [2.75, 3.05) is 14.2 Å². The lowest BCUT2D eigenvalue weighted by Gasteiger charge is -2.10. The topological polar surface area (TPSA) is 44.8 Å². The maximum Gasteiger partial charge on any atom is 0.343 e. The van der Waals surface area contributed by atoms with Crippen LogP contribution in [0.2, 0.25) is 10.0 Å². The number of ether oxygens (including phenoxy) is 3. The number of hydrogen-bond donors (Lipinski definition) is 0. The summed E-state index contributed by atoms with van der Waals surface area (Å²) in [5, 5.41) is 0.911. The molecule has 0 saturated heterocycles. The molecule has 0 fully saturated rings. The van der Waals surface area contributed by atoms with E-state index < -0.39 is 5.97 Å². The molecule has 0 amide bonds. The summed E-state index contributed by atoms with van der Waals surface area (Å²) >= 11 is 12.3. The van der Waals surface area contributed by atoms with Gasteiger partial charge in [-0.25, -0.2) is 4.79 Å². The van der Waals surface area contributed by atoms with Gasteiger partial charge in [0.05, 0.1) is 25.4 Å². The number of methoxy groups -OCH3 is 2. The summed E-state index contributed by atoms with van der Waals surface area (Å²) in [6, 6.07) is 10.4. The van der Waals surface area contributed by atoms with Gasteiger partial charge >= 0.3 is 5.97 Å². The first-order valence-corrected chi connectivity index (χ1v) is 8.11. The van der Waals surface area contributed by atoms with Crippen molar-refractivity contribution in [1.82, 2.24) is 0 Å². The van der Waals surface area contributed by atoms with Gasteiger partial charge in [0.25, 0.3) is 0 Å². The van der Waals surface area contributed by atoms with E-state index in [-0.39, 0.29) is 0 Å². The third kappa shape index (κ3) is 3.50. The predicted octanol–water partition coefficient (Wildman–Crippen LogP) is 4.99. The number of hydrogen-bond acceptors (Lipinski definition) is 4. The number of carbonyl (C=O) groups is 1. The molecule has 0 saturated carbocycles. The van der Waals surface area contributed by atoms with Crippen LogP contribution in [0.5, 0.6) is 11.5 Å². The van der Waals surface area contributed by atoms with Crippen LogP contribution in [0, 0.1) is 0 Å². The average Bonchev–Trinajstić information content (AvgIpc) is 2.98. The zero-order valence-electron chi connectivity index (χ0n) is 13.5. The van der Waals surface area contributed by atoms with E-state index in [1.165, 1.54) is 7.11 Å². The van der Waals surface area contributed by atoms with Crippen molar-refractivity contribution in [2.45, 2.75) is 0 Å². The van der Waals surface area contributed by atoms with Crippen LogP contribution in [0.15, 0.2) is 48.0 Å². The Kier molecular flexibility index (Phi) is 5.02. The van der Waals surface area contributed by atoms with Gasteiger partial charge in [0.1, 0.15) is 17.3 Å². The van der Waals surface area contributed by atoms with Crippen LogP contribution in [0.1, 0.15) is 11.1 Å². The number of benzene rings is 2. The summed E-state index contributed by atoms with van der Waals surface area (Å²) in [5.74, 6) is 1.09. The molecule has 1 heterocycles. The predicted molar refractivity (Wildman–Crippen MR) is 98.1 cm³/mol. The van der Waals surface area contributed by atoms with Gasteiger partial charge < -0.3 is 14.2 Å². The van der Waals surface area contributed by atoms with E-state index in [9.17, 15) is 4.79 Å². The molecule has 0 aromatic heterocycles. The molecule has 1 aliphatic rings. The number of cyclic esters (lactones) is 1. The molecular formula is C19H14Cl2O4. The van der Waals surface area contributed by atoms with E-state index in [1.807, 2.05) is 0 Å². The molecule has 1 aliphatic heterocycles. The Balaban J connectivity index is 2.03. The number of carbonyl (C=O) groups excluding carboxylic acids is 1. The minimum Gasteiger partial charge on any atom is -0.497 e. The minimum atomic E-state index is -0.483. The highest BCUT2D eigenvalue weighted by molar-refractivity contribution is 6.37. The Morgan fingerprint density at radius 1 is 1.04 bits per heavy atom. The quantitative estimate of drug-likeness (QED) is 0.556. The second kappa shape index (κ2) is 7.21. The normalized spacial score (nSPS) is 15.1. The zero-order valence-corrected chi connectivity index (χ0v) is 15.0. The molecule has 2 aromatic rings. The second-order valence-electron chi connectivity index (χ2n) is 5.20. The Labute approximate surface area is 155 Å². The van der Waals surface area contributed by atoms with Gasteiger partial charge in [-0.2, -0.15) is 0 Å². The number of halogens is 2. The van der Waals surface area contributed by atoms with Crippen LogP contribution in [0.25, 0.3) is 11.8 Å². The number of esters is 1. The van der Waals surface area contributed by atoms with E-state index >= 15 is 0 Å². The smallest absolute Gasteiger partial charge is 0.343 e. The Morgan fingerprint density at radius 3 is 2.40 bits per heavy atom. The molecule has 3 rings (SSSR count). The highest BCUT2D eigenvalue weighted by Gasteiger charge is 2.25. The molecular weight excluding hydrogens is 363 g/mol. The van der Waals surface area contributed by atoms with Crippen LogP contribution in [-0.2, 0) is 9.53 Å². The molecule has 0 aliphatic carbocycles. The van der Waals surface area contributed by atoms with Crippen molar-refractivity contribution in [3.63, 3.8) is 0 Å². The van der Waals surface area contributed by atoms with E-state index in [1.54, 1.807) is 55.7 Å². The van der Waals surface area contributed by atoms with Crippen molar-refractivity contribution in [2.24, 2.45) is 0 Å². The summed E-state index contributed by atoms with van der Waals surface area (Å²) in [6.45, 7) is 0. The van der Waals surface area contributed by atoms with Crippen molar-refractivity contribution >= 4 is 41.0 Å². The molecule has 4 nitrogen and oxygen atoms in total. The van der Waals surface area contributed by atoms with Crippen LogP contribution in [-0.4, -0.2) is 20.2 Å². The summed E-state index contributed by atoms with van der Waals surface area (Å²) in [6.07, 6.45) is 3.24. The third-order valence-electron chi connectivity index (χ3n) is 3.70. The van der Waals surface area contributed by atoms with Crippen LogP contribution < -0.4 is 9.47 Å². The average molecular weight is 377 g/mol. The molecule has 2 aromatic carbocycles. The monoisotopic (exact) mass is 376 g/mol. The Hall–Kier alpha value is -2.43. The first-order valence-electron chi connectivity index (χ1n) is 7.35. The standard InChI is InChI=1S/C19H14Cl2O4/c1-23-12-6-7-13(17(10-12)24-2)18-9-11(19(22)25-18)8-14-15(20)4-3-5-16(14)21/h3-10H,1-2H3/b11-8+. The highest BCUT2D eigenvalue weighted by atomic mass is 35.5. The van der Waals surface area contributed by atoms with Crippen LogP contribution >= 0.6 is 23.2 Å². The maximum atomic E-state index is 12.2. The summed E-state index contributed by atoms with van der Waals surface area (Å²) in [5.41, 5.74) is 1.56. The molecule has 128 valence electrons. The molecule has 0 radical (unpaired) electrons. The molecule has 0 bridgehead atoms. The third-order valence-corrected chi connectivity index (χ3v) is 4.36. The Morgan fingerprint density at radius 2 is 1.76 bits per heavy atom. The lowest BCUT2D eigenvalue weighted by atomic mass is 10.1. The van der Waals surface area contributed by atoms with Crippen LogP contribution in [0.3, 0.4) is 0 Å². The second-order valence-corrected chi connectivity index (χ2v) is 6.01. The molecule has 0 spiro atoms. The fourth-order valence-corrected chi connectivity index (χ4v) is 2.93. The van der Waals surface area contributed by atoms with Gasteiger partial charge in [-0.05, 0) is 36.4 Å².